The van der Waals surface area contributed by atoms with Crippen molar-refractivity contribution in [2.24, 2.45) is 0 Å². The minimum Gasteiger partial charge on any atom is -0.466 e. The number of pyridine rings is 1. The minimum absolute atomic E-state index is 0.232. The van der Waals surface area contributed by atoms with E-state index in [1.807, 2.05) is 0 Å². The van der Waals surface area contributed by atoms with Gasteiger partial charge in [-0.05, 0) is 12.1 Å². The highest BCUT2D eigenvalue weighted by Crippen LogP contribution is 2.07. The molecule has 1 heterocycles. The molecule has 0 aliphatic carbocycles. The molecule has 16 heavy (non-hydrogen) atoms. The van der Waals surface area contributed by atoms with Crippen LogP contribution in [-0.4, -0.2) is 26.5 Å². The quantitative estimate of drug-likeness (QED) is 0.331. The first kappa shape index (κ1) is 12.2. The first-order chi connectivity index (χ1) is 7.56. The van der Waals surface area contributed by atoms with Gasteiger partial charge < -0.3 is 8.92 Å². The molecule has 0 saturated heterocycles. The zero-order valence-electron chi connectivity index (χ0n) is 8.36. The summed E-state index contributed by atoms with van der Waals surface area (Å²) in [7, 11) is -2.80. The maximum Gasteiger partial charge on any atom is 0.356 e. The van der Waals surface area contributed by atoms with Crippen LogP contribution < -0.4 is 0 Å². The molecule has 0 atom stereocenters. The lowest BCUT2D eigenvalue weighted by Gasteiger charge is -2.00. The molecule has 0 fully saturated rings. The molecule has 7 heteroatoms. The lowest BCUT2D eigenvalue weighted by molar-refractivity contribution is -0.134. The summed E-state index contributed by atoms with van der Waals surface area (Å²) in [6, 6.07) is 4.36. The predicted octanol–water partition coefficient (Wildman–Crippen LogP) is 0.474. The van der Waals surface area contributed by atoms with E-state index in [0.717, 1.165) is 12.3 Å². The van der Waals surface area contributed by atoms with Crippen molar-refractivity contribution in [2.45, 2.75) is 5.03 Å². The van der Waals surface area contributed by atoms with Crippen LogP contribution in [0.4, 0.5) is 0 Å². The number of hydrogen-bond donors (Lipinski definition) is 0. The molecular formula is C9H9NO5S. The first-order valence-corrected chi connectivity index (χ1v) is 5.56. The van der Waals surface area contributed by atoms with Gasteiger partial charge in [0.15, 0.2) is 5.03 Å². The third-order valence-corrected chi connectivity index (χ3v) is 2.60. The topological polar surface area (TPSA) is 82.6 Å². The zero-order valence-corrected chi connectivity index (χ0v) is 9.18. The fraction of sp³-hybridized carbons (Fsp3) is 0.111. The molecule has 0 radical (unpaired) electrons. The van der Waals surface area contributed by atoms with Crippen molar-refractivity contribution in [3.8, 4) is 0 Å². The molecular weight excluding hydrogens is 234 g/mol. The van der Waals surface area contributed by atoms with E-state index in [2.05, 4.69) is 13.9 Å². The van der Waals surface area contributed by atoms with Crippen LogP contribution in [0.25, 0.3) is 0 Å². The number of aromatic nitrogens is 1. The Balaban J connectivity index is 2.75. The van der Waals surface area contributed by atoms with Gasteiger partial charge in [-0.3, -0.25) is 0 Å². The first-order valence-electron chi connectivity index (χ1n) is 4.15. The van der Waals surface area contributed by atoms with Gasteiger partial charge in [0.05, 0.1) is 13.2 Å². The molecule has 86 valence electrons. The number of nitrogens with zero attached hydrogens (tertiary/aromatic N) is 1. The Labute approximate surface area is 92.6 Å². The normalized spacial score (nSPS) is 11.3. The molecule has 1 aromatic rings. The number of hydrogen-bond acceptors (Lipinski definition) is 6. The second-order valence-electron chi connectivity index (χ2n) is 2.54. The second-order valence-corrected chi connectivity index (χ2v) is 4.06. The lowest BCUT2D eigenvalue weighted by atomic mass is 10.5. The highest BCUT2D eigenvalue weighted by Gasteiger charge is 2.14. The van der Waals surface area contributed by atoms with Crippen molar-refractivity contribution in [1.29, 1.82) is 0 Å². The number of ether oxygens (including phenoxy) is 1. The van der Waals surface area contributed by atoms with Crippen molar-refractivity contribution in [3.05, 3.63) is 36.7 Å². The van der Waals surface area contributed by atoms with Gasteiger partial charge in [0.2, 0.25) is 0 Å². The van der Waals surface area contributed by atoms with E-state index in [0.29, 0.717) is 0 Å². The molecule has 0 aliphatic rings. The summed E-state index contributed by atoms with van der Waals surface area (Å²) in [5.41, 5.74) is 0. The molecule has 0 N–H and O–H groups in total. The molecule has 0 aromatic carbocycles. The van der Waals surface area contributed by atoms with Crippen LogP contribution in [0.5, 0.6) is 0 Å². The van der Waals surface area contributed by atoms with E-state index in [1.165, 1.54) is 25.4 Å². The standard InChI is InChI=1S/C9H9NO5S/c1-14-9(11)5-7-15-16(12,13)8-4-2-3-6-10-8/h2-7H,1H3. The Morgan fingerprint density at radius 3 is 2.75 bits per heavy atom. The predicted molar refractivity (Wildman–Crippen MR) is 53.7 cm³/mol. The van der Waals surface area contributed by atoms with E-state index in [4.69, 9.17) is 0 Å². The molecule has 0 saturated carbocycles. The van der Waals surface area contributed by atoms with Gasteiger partial charge in [-0.15, -0.1) is 0 Å². The van der Waals surface area contributed by atoms with E-state index >= 15 is 0 Å². The second kappa shape index (κ2) is 5.26. The van der Waals surface area contributed by atoms with Crippen molar-refractivity contribution in [2.75, 3.05) is 7.11 Å². The Morgan fingerprint density at radius 2 is 2.19 bits per heavy atom. The highest BCUT2D eigenvalue weighted by atomic mass is 32.2. The monoisotopic (exact) mass is 243 g/mol. The van der Waals surface area contributed by atoms with Gasteiger partial charge >= 0.3 is 16.1 Å². The van der Waals surface area contributed by atoms with E-state index < -0.39 is 16.1 Å². The maximum absolute atomic E-state index is 11.4. The maximum atomic E-state index is 11.4. The molecule has 0 unspecified atom stereocenters. The summed E-state index contributed by atoms with van der Waals surface area (Å²) in [4.78, 5) is 14.2. The van der Waals surface area contributed by atoms with Crippen LogP contribution in [0.1, 0.15) is 0 Å². The zero-order chi connectivity index (χ0) is 12.0. The summed E-state index contributed by atoms with van der Waals surface area (Å²) in [5, 5.41) is -0.232. The number of esters is 1. The van der Waals surface area contributed by atoms with Crippen LogP contribution in [0.15, 0.2) is 41.8 Å². The van der Waals surface area contributed by atoms with Gasteiger partial charge in [0.1, 0.15) is 6.26 Å². The van der Waals surface area contributed by atoms with Crippen molar-refractivity contribution in [3.63, 3.8) is 0 Å². The van der Waals surface area contributed by atoms with Crippen molar-refractivity contribution >= 4 is 16.1 Å². The number of carbonyl (C=O) groups excluding carboxylic acids is 1. The largest absolute Gasteiger partial charge is 0.466 e. The Morgan fingerprint density at radius 1 is 1.44 bits per heavy atom. The van der Waals surface area contributed by atoms with E-state index in [-0.39, 0.29) is 5.03 Å². The molecule has 0 aliphatic heterocycles. The lowest BCUT2D eigenvalue weighted by Crippen LogP contribution is -2.05. The Bertz CT molecular complexity index is 480. The van der Waals surface area contributed by atoms with Gasteiger partial charge in [-0.25, -0.2) is 9.78 Å². The van der Waals surface area contributed by atoms with Crippen molar-refractivity contribution in [1.82, 2.24) is 4.98 Å². The van der Waals surface area contributed by atoms with Crippen molar-refractivity contribution < 1.29 is 22.1 Å². The average molecular weight is 243 g/mol. The smallest absolute Gasteiger partial charge is 0.356 e. The number of methoxy groups -OCH3 is 1. The van der Waals surface area contributed by atoms with Crippen LogP contribution in [0.2, 0.25) is 0 Å². The van der Waals surface area contributed by atoms with Gasteiger partial charge in [-0.2, -0.15) is 8.42 Å². The van der Waals surface area contributed by atoms with Crippen LogP contribution in [-0.2, 0) is 23.8 Å². The number of rotatable bonds is 4. The Hall–Kier alpha value is -1.89. The van der Waals surface area contributed by atoms with Gasteiger partial charge in [0, 0.05) is 6.20 Å². The summed E-state index contributed by atoms with van der Waals surface area (Å²) >= 11 is 0. The minimum atomic E-state index is -3.97. The molecule has 6 nitrogen and oxygen atoms in total. The molecule has 1 rings (SSSR count). The third-order valence-electron chi connectivity index (χ3n) is 1.48. The fourth-order valence-electron chi connectivity index (χ4n) is 0.769. The number of carbonyl (C=O) groups is 1. The summed E-state index contributed by atoms with van der Waals surface area (Å²) < 4.78 is 31.5. The van der Waals surface area contributed by atoms with Gasteiger partial charge in [-0.1, -0.05) is 6.07 Å². The third kappa shape index (κ3) is 3.35. The summed E-state index contributed by atoms with van der Waals surface area (Å²) in [6.07, 6.45) is 2.90. The average Bonchev–Trinajstić information content (AvgIpc) is 2.30. The van der Waals surface area contributed by atoms with E-state index in [9.17, 15) is 13.2 Å². The SMILES string of the molecule is COC(=O)C=COS(=O)(=O)c1ccccn1. The Kier molecular flexibility index (Phi) is 4.01. The molecule has 0 amide bonds. The van der Waals surface area contributed by atoms with Crippen LogP contribution in [0, 0.1) is 0 Å². The van der Waals surface area contributed by atoms with Gasteiger partial charge in [0.25, 0.3) is 0 Å². The summed E-state index contributed by atoms with van der Waals surface area (Å²) in [5.74, 6) is -0.712. The summed E-state index contributed by atoms with van der Waals surface area (Å²) in [6.45, 7) is 0. The van der Waals surface area contributed by atoms with E-state index in [1.54, 1.807) is 6.07 Å². The van der Waals surface area contributed by atoms with Crippen LogP contribution >= 0.6 is 0 Å². The fourth-order valence-corrected chi connectivity index (χ4v) is 1.50. The molecule has 1 aromatic heterocycles. The highest BCUT2D eigenvalue weighted by molar-refractivity contribution is 7.86. The van der Waals surface area contributed by atoms with Crippen LogP contribution in [0.3, 0.4) is 0 Å². The molecule has 0 bridgehead atoms. The molecule has 0 spiro atoms.